The first-order valence-electron chi connectivity index (χ1n) is 8.31. The van der Waals surface area contributed by atoms with Crippen LogP contribution in [0.2, 0.25) is 0 Å². The molecule has 0 fully saturated rings. The van der Waals surface area contributed by atoms with Crippen molar-refractivity contribution < 1.29 is 4.57 Å². The fraction of sp³-hybridized carbons (Fsp3) is 0.0500. The molecule has 25 heavy (non-hydrogen) atoms. The van der Waals surface area contributed by atoms with Crippen molar-refractivity contribution in [3.05, 3.63) is 78.9 Å². The van der Waals surface area contributed by atoms with Crippen LogP contribution in [0.4, 0.5) is 0 Å². The molecule has 0 atom stereocenters. The van der Waals surface area contributed by atoms with Gasteiger partial charge in [-0.25, -0.2) is 14.5 Å². The molecule has 0 aliphatic carbocycles. The highest BCUT2D eigenvalue weighted by molar-refractivity contribution is 5.90. The van der Waals surface area contributed by atoms with Crippen LogP contribution in [-0.2, 0) is 6.54 Å². The maximum Gasteiger partial charge on any atom is 0.314 e. The van der Waals surface area contributed by atoms with Crippen molar-refractivity contribution in [2.45, 2.75) is 6.54 Å². The molecule has 0 N–H and O–H groups in total. The molecule has 1 aliphatic heterocycles. The molecule has 5 aromatic rings. The van der Waals surface area contributed by atoms with Gasteiger partial charge in [0.15, 0.2) is 11.3 Å². The second-order valence-corrected chi connectivity index (χ2v) is 6.31. The van der Waals surface area contributed by atoms with Gasteiger partial charge in [-0.1, -0.05) is 24.3 Å². The van der Waals surface area contributed by atoms with Crippen molar-refractivity contribution >= 4 is 16.7 Å². The molecule has 6 rings (SSSR count). The smallest absolute Gasteiger partial charge is 0.300 e. The molecule has 0 bridgehead atoms. The first-order chi connectivity index (χ1) is 12.4. The van der Waals surface area contributed by atoms with Crippen molar-refractivity contribution in [3.63, 3.8) is 0 Å². The number of pyridine rings is 1. The predicted octanol–water partition coefficient (Wildman–Crippen LogP) is 2.99. The Morgan fingerprint density at radius 1 is 0.920 bits per heavy atom. The van der Waals surface area contributed by atoms with Crippen molar-refractivity contribution in [1.82, 2.24) is 18.9 Å². The van der Waals surface area contributed by atoms with Crippen LogP contribution in [0.25, 0.3) is 33.9 Å². The molecular weight excluding hydrogens is 310 g/mol. The van der Waals surface area contributed by atoms with Crippen molar-refractivity contribution in [2.24, 2.45) is 0 Å². The highest BCUT2D eigenvalue weighted by Crippen LogP contribution is 2.33. The second-order valence-electron chi connectivity index (χ2n) is 6.31. The summed E-state index contributed by atoms with van der Waals surface area (Å²) in [7, 11) is 0. The predicted molar refractivity (Wildman–Crippen MR) is 94.6 cm³/mol. The minimum atomic E-state index is 0.824. The largest absolute Gasteiger partial charge is 0.314 e. The maximum atomic E-state index is 4.67. The lowest BCUT2D eigenvalue weighted by Gasteiger charge is -2.00. The Kier molecular flexibility index (Phi) is 2.34. The topological polar surface area (TPSA) is 39.0 Å². The van der Waals surface area contributed by atoms with E-state index in [4.69, 9.17) is 0 Å². The van der Waals surface area contributed by atoms with Crippen LogP contribution in [0, 0.1) is 0 Å². The van der Waals surface area contributed by atoms with Gasteiger partial charge in [-0.3, -0.25) is 0 Å². The van der Waals surface area contributed by atoms with Crippen LogP contribution in [-0.4, -0.2) is 18.9 Å². The normalized spacial score (nSPS) is 12.6. The van der Waals surface area contributed by atoms with Crippen LogP contribution in [0.3, 0.4) is 0 Å². The number of nitrogens with zero attached hydrogens (tertiary/aromatic N) is 5. The minimum absolute atomic E-state index is 0.824. The van der Waals surface area contributed by atoms with Crippen molar-refractivity contribution in [1.29, 1.82) is 0 Å². The zero-order valence-corrected chi connectivity index (χ0v) is 13.4. The fourth-order valence-corrected chi connectivity index (χ4v) is 3.90. The third-order valence-corrected chi connectivity index (χ3v) is 4.91. The van der Waals surface area contributed by atoms with E-state index in [-0.39, 0.29) is 0 Å². The number of fused-ring (bicyclic) bond motifs is 7. The van der Waals surface area contributed by atoms with Crippen molar-refractivity contribution in [2.75, 3.05) is 0 Å². The minimum Gasteiger partial charge on any atom is -0.300 e. The van der Waals surface area contributed by atoms with Gasteiger partial charge in [0, 0.05) is 24.2 Å². The summed E-state index contributed by atoms with van der Waals surface area (Å²) < 4.78 is 6.72. The Hall–Kier alpha value is -3.47. The van der Waals surface area contributed by atoms with Gasteiger partial charge in [0.05, 0.1) is 6.20 Å². The monoisotopic (exact) mass is 324 g/mol. The Labute approximate surface area is 143 Å². The van der Waals surface area contributed by atoms with Crippen LogP contribution < -0.4 is 4.57 Å². The van der Waals surface area contributed by atoms with Gasteiger partial charge in [-0.15, -0.1) is 0 Å². The number of hydrogen-bond acceptors (Lipinski definition) is 2. The molecule has 118 valence electrons. The summed E-state index contributed by atoms with van der Waals surface area (Å²) >= 11 is 0. The van der Waals surface area contributed by atoms with Gasteiger partial charge in [-0.05, 0) is 24.3 Å². The molecule has 0 spiro atoms. The summed E-state index contributed by atoms with van der Waals surface area (Å²) in [5.74, 6) is 1.12. The Balaban J connectivity index is 1.83. The van der Waals surface area contributed by atoms with Gasteiger partial charge in [0.25, 0.3) is 0 Å². The summed E-state index contributed by atoms with van der Waals surface area (Å²) in [4.78, 5) is 9.30. The lowest BCUT2D eigenvalue weighted by Crippen LogP contribution is -2.31. The van der Waals surface area contributed by atoms with E-state index >= 15 is 0 Å². The summed E-state index contributed by atoms with van der Waals surface area (Å²) in [6, 6.07) is 16.6. The van der Waals surface area contributed by atoms with Gasteiger partial charge in [-0.2, -0.15) is 4.57 Å². The molecular formula is C20H14N5+. The highest BCUT2D eigenvalue weighted by Gasteiger charge is 2.37. The third-order valence-electron chi connectivity index (χ3n) is 4.91. The molecule has 5 heterocycles. The first-order valence-corrected chi connectivity index (χ1v) is 8.31. The Bertz CT molecular complexity index is 1260. The molecule has 1 aliphatic rings. The number of aromatic nitrogens is 5. The molecule has 4 aromatic heterocycles. The quantitative estimate of drug-likeness (QED) is 0.436. The molecule has 1 aromatic carbocycles. The Morgan fingerprint density at radius 3 is 2.72 bits per heavy atom. The molecule has 0 amide bonds. The molecule has 0 saturated heterocycles. The SMILES string of the molecule is c1ccc(-n2c3[n+](c4c2cn2cccnc42)Cc2cccnc2-3)cc1. The maximum absolute atomic E-state index is 4.67. The van der Waals surface area contributed by atoms with Crippen LogP contribution >= 0.6 is 0 Å². The Morgan fingerprint density at radius 2 is 1.80 bits per heavy atom. The van der Waals surface area contributed by atoms with E-state index < -0.39 is 0 Å². The molecule has 0 saturated carbocycles. The van der Waals surface area contributed by atoms with E-state index in [1.807, 2.05) is 36.8 Å². The lowest BCUT2D eigenvalue weighted by molar-refractivity contribution is -0.645. The summed E-state index contributed by atoms with van der Waals surface area (Å²) in [6.07, 6.45) is 7.91. The number of benzene rings is 1. The third kappa shape index (κ3) is 1.59. The molecule has 0 radical (unpaired) electrons. The van der Waals surface area contributed by atoms with E-state index in [0.29, 0.717) is 0 Å². The molecule has 5 heteroatoms. The zero-order valence-electron chi connectivity index (χ0n) is 13.4. The number of hydrogen-bond donors (Lipinski definition) is 0. The summed E-state index contributed by atoms with van der Waals surface area (Å²) in [6.45, 7) is 0.824. The van der Waals surface area contributed by atoms with Gasteiger partial charge >= 0.3 is 5.82 Å². The van der Waals surface area contributed by atoms with Crippen molar-refractivity contribution in [3.8, 4) is 17.2 Å². The molecule has 5 nitrogen and oxygen atoms in total. The summed E-state index contributed by atoms with van der Waals surface area (Å²) in [5, 5.41) is 0. The van der Waals surface area contributed by atoms with Crippen LogP contribution in [0.1, 0.15) is 5.56 Å². The molecule has 0 unspecified atom stereocenters. The van der Waals surface area contributed by atoms with E-state index in [1.54, 1.807) is 0 Å². The van der Waals surface area contributed by atoms with Crippen LogP contribution in [0.15, 0.2) is 73.3 Å². The fourth-order valence-electron chi connectivity index (χ4n) is 3.90. The van der Waals surface area contributed by atoms with Crippen LogP contribution in [0.5, 0.6) is 0 Å². The van der Waals surface area contributed by atoms with E-state index in [1.165, 1.54) is 5.56 Å². The van der Waals surface area contributed by atoms with E-state index in [0.717, 1.165) is 40.4 Å². The highest BCUT2D eigenvalue weighted by atomic mass is 15.2. The second kappa shape index (κ2) is 4.54. The van der Waals surface area contributed by atoms with Gasteiger partial charge in [0.2, 0.25) is 11.0 Å². The number of para-hydroxylation sites is 1. The average Bonchev–Trinajstić information content (AvgIpc) is 3.29. The number of imidazole rings is 1. The van der Waals surface area contributed by atoms with E-state index in [2.05, 4.69) is 60.0 Å². The lowest BCUT2D eigenvalue weighted by atomic mass is 10.2. The number of rotatable bonds is 1. The average molecular weight is 324 g/mol. The van der Waals surface area contributed by atoms with E-state index in [9.17, 15) is 0 Å². The summed E-state index contributed by atoms with van der Waals surface area (Å²) in [5.41, 5.74) is 6.71. The van der Waals surface area contributed by atoms with Gasteiger partial charge < -0.3 is 4.40 Å². The van der Waals surface area contributed by atoms with Gasteiger partial charge in [0.1, 0.15) is 12.2 Å². The standard InChI is InChI=1S/C20H14N5/c1-2-7-15(8-3-1)25-16-13-23-11-5-10-22-19(23)18(16)24-12-14-6-4-9-21-17(14)20(24)25/h1-11,13H,12H2/q+1. The zero-order chi connectivity index (χ0) is 16.4. The first kappa shape index (κ1) is 12.9.